The summed E-state index contributed by atoms with van der Waals surface area (Å²) in [5.74, 6) is 1.30. The van der Waals surface area contributed by atoms with E-state index in [9.17, 15) is 0 Å². The lowest BCUT2D eigenvalue weighted by Gasteiger charge is -2.17. The van der Waals surface area contributed by atoms with Crippen molar-refractivity contribution < 1.29 is 9.47 Å². The molecule has 0 saturated heterocycles. The summed E-state index contributed by atoms with van der Waals surface area (Å²) in [5, 5.41) is 4.09. The molecule has 0 fully saturated rings. The maximum atomic E-state index is 6.35. The number of hydrogen-bond donors (Lipinski definition) is 1. The standard InChI is InChI=1S/C19H24ClNO2/c1-4-10-23-19-17(20)11-15(12-18(19)22-3)13-21-14(2)16-8-6-5-7-9-16/h5-9,11-12,14,21H,4,10,13H2,1-3H3/t14-/m1/s1. The van der Waals surface area contributed by atoms with Gasteiger partial charge in [-0.05, 0) is 36.6 Å². The largest absolute Gasteiger partial charge is 0.493 e. The van der Waals surface area contributed by atoms with Gasteiger partial charge < -0.3 is 14.8 Å². The molecule has 0 bridgehead atoms. The van der Waals surface area contributed by atoms with Gasteiger partial charge in [0.25, 0.3) is 0 Å². The number of nitrogens with one attached hydrogen (secondary N) is 1. The summed E-state index contributed by atoms with van der Waals surface area (Å²) in [6.45, 7) is 5.54. The van der Waals surface area contributed by atoms with Crippen molar-refractivity contribution in [3.05, 3.63) is 58.6 Å². The third-order valence-corrected chi connectivity index (χ3v) is 3.93. The lowest BCUT2D eigenvalue weighted by Crippen LogP contribution is -2.18. The van der Waals surface area contributed by atoms with Gasteiger partial charge in [0, 0.05) is 12.6 Å². The average molecular weight is 334 g/mol. The van der Waals surface area contributed by atoms with Gasteiger partial charge in [-0.1, -0.05) is 48.9 Å². The molecular formula is C19H24ClNO2. The molecule has 0 aliphatic heterocycles. The van der Waals surface area contributed by atoms with E-state index >= 15 is 0 Å². The Kier molecular flexibility index (Phi) is 6.75. The van der Waals surface area contributed by atoms with Crippen LogP contribution < -0.4 is 14.8 Å². The molecule has 1 N–H and O–H groups in total. The van der Waals surface area contributed by atoms with Crippen LogP contribution in [0.2, 0.25) is 5.02 Å². The van der Waals surface area contributed by atoms with Crippen LogP contribution >= 0.6 is 11.6 Å². The van der Waals surface area contributed by atoms with Crippen LogP contribution in [0.25, 0.3) is 0 Å². The van der Waals surface area contributed by atoms with Crippen molar-refractivity contribution in [2.24, 2.45) is 0 Å². The molecule has 2 aromatic carbocycles. The molecule has 0 amide bonds. The molecule has 4 heteroatoms. The van der Waals surface area contributed by atoms with Crippen LogP contribution in [0.4, 0.5) is 0 Å². The summed E-state index contributed by atoms with van der Waals surface area (Å²) in [6, 6.07) is 14.5. The summed E-state index contributed by atoms with van der Waals surface area (Å²) < 4.78 is 11.1. The van der Waals surface area contributed by atoms with Gasteiger partial charge in [0.15, 0.2) is 11.5 Å². The smallest absolute Gasteiger partial charge is 0.179 e. The lowest BCUT2D eigenvalue weighted by molar-refractivity contribution is 0.294. The molecular weight excluding hydrogens is 310 g/mol. The van der Waals surface area contributed by atoms with Crippen molar-refractivity contribution in [3.8, 4) is 11.5 Å². The first-order valence-corrected chi connectivity index (χ1v) is 8.31. The quantitative estimate of drug-likeness (QED) is 0.738. The second kappa shape index (κ2) is 8.80. The lowest BCUT2D eigenvalue weighted by atomic mass is 10.1. The second-order valence-electron chi connectivity index (χ2n) is 5.47. The average Bonchev–Trinajstić information content (AvgIpc) is 2.59. The summed E-state index contributed by atoms with van der Waals surface area (Å²) in [5.41, 5.74) is 2.33. The molecule has 2 rings (SSSR count). The number of hydrogen-bond acceptors (Lipinski definition) is 3. The number of halogens is 1. The highest BCUT2D eigenvalue weighted by atomic mass is 35.5. The van der Waals surface area contributed by atoms with Crippen molar-refractivity contribution in [2.45, 2.75) is 32.9 Å². The van der Waals surface area contributed by atoms with Crippen LogP contribution in [0, 0.1) is 0 Å². The third-order valence-electron chi connectivity index (χ3n) is 3.65. The number of methoxy groups -OCH3 is 1. The minimum atomic E-state index is 0.261. The molecule has 0 heterocycles. The van der Waals surface area contributed by atoms with Gasteiger partial charge in [-0.2, -0.15) is 0 Å². The van der Waals surface area contributed by atoms with Gasteiger partial charge in [0.05, 0.1) is 18.7 Å². The van der Waals surface area contributed by atoms with Crippen molar-refractivity contribution in [1.29, 1.82) is 0 Å². The topological polar surface area (TPSA) is 30.5 Å². The van der Waals surface area contributed by atoms with Gasteiger partial charge in [0.2, 0.25) is 0 Å². The first-order valence-electron chi connectivity index (χ1n) is 7.93. The van der Waals surface area contributed by atoms with E-state index in [4.69, 9.17) is 21.1 Å². The molecule has 0 saturated carbocycles. The fourth-order valence-electron chi connectivity index (χ4n) is 2.35. The van der Waals surface area contributed by atoms with E-state index in [2.05, 4.69) is 31.3 Å². The highest BCUT2D eigenvalue weighted by molar-refractivity contribution is 6.32. The van der Waals surface area contributed by atoms with E-state index in [1.54, 1.807) is 7.11 Å². The molecule has 0 aromatic heterocycles. The fraction of sp³-hybridized carbons (Fsp3) is 0.368. The SMILES string of the molecule is CCCOc1c(Cl)cc(CN[C@H](C)c2ccccc2)cc1OC. The van der Waals surface area contributed by atoms with Crippen LogP contribution in [-0.2, 0) is 6.54 Å². The third kappa shape index (κ3) is 4.88. The normalized spacial score (nSPS) is 12.0. The Bertz CT molecular complexity index is 616. The van der Waals surface area contributed by atoms with E-state index in [1.165, 1.54) is 5.56 Å². The van der Waals surface area contributed by atoms with Crippen molar-refractivity contribution in [2.75, 3.05) is 13.7 Å². The summed E-state index contributed by atoms with van der Waals surface area (Å²) >= 11 is 6.35. The molecule has 0 spiro atoms. The van der Waals surface area contributed by atoms with Crippen LogP contribution in [0.5, 0.6) is 11.5 Å². The zero-order valence-electron chi connectivity index (χ0n) is 13.9. The van der Waals surface area contributed by atoms with E-state index in [0.29, 0.717) is 29.7 Å². The molecule has 1 atom stereocenters. The minimum Gasteiger partial charge on any atom is -0.493 e. The van der Waals surface area contributed by atoms with Crippen molar-refractivity contribution in [3.63, 3.8) is 0 Å². The number of ether oxygens (including phenoxy) is 2. The van der Waals surface area contributed by atoms with Crippen molar-refractivity contribution in [1.82, 2.24) is 5.32 Å². The Hall–Kier alpha value is -1.71. The van der Waals surface area contributed by atoms with E-state index in [1.807, 2.05) is 30.3 Å². The van der Waals surface area contributed by atoms with Gasteiger partial charge >= 0.3 is 0 Å². The van der Waals surface area contributed by atoms with Gasteiger partial charge in [-0.25, -0.2) is 0 Å². The summed E-state index contributed by atoms with van der Waals surface area (Å²) in [7, 11) is 1.63. The summed E-state index contributed by atoms with van der Waals surface area (Å²) in [4.78, 5) is 0. The Labute approximate surface area is 143 Å². The molecule has 3 nitrogen and oxygen atoms in total. The van der Waals surface area contributed by atoms with Crippen LogP contribution in [0.15, 0.2) is 42.5 Å². The monoisotopic (exact) mass is 333 g/mol. The minimum absolute atomic E-state index is 0.261. The van der Waals surface area contributed by atoms with Crippen LogP contribution in [0.1, 0.15) is 37.4 Å². The fourth-order valence-corrected chi connectivity index (χ4v) is 2.64. The number of rotatable bonds is 8. The molecule has 2 aromatic rings. The second-order valence-corrected chi connectivity index (χ2v) is 5.88. The van der Waals surface area contributed by atoms with Crippen molar-refractivity contribution >= 4 is 11.6 Å². The maximum Gasteiger partial charge on any atom is 0.179 e. The molecule has 0 unspecified atom stereocenters. The number of benzene rings is 2. The van der Waals surface area contributed by atoms with Gasteiger partial charge in [-0.15, -0.1) is 0 Å². The van der Waals surface area contributed by atoms with Crippen LogP contribution in [0.3, 0.4) is 0 Å². The predicted octanol–water partition coefficient (Wildman–Crippen LogP) is 4.99. The Morgan fingerprint density at radius 1 is 1.17 bits per heavy atom. The predicted molar refractivity (Wildman–Crippen MR) is 95.5 cm³/mol. The first kappa shape index (κ1) is 17.6. The van der Waals surface area contributed by atoms with Gasteiger partial charge in [-0.3, -0.25) is 0 Å². The van der Waals surface area contributed by atoms with Crippen LogP contribution in [-0.4, -0.2) is 13.7 Å². The van der Waals surface area contributed by atoms with E-state index in [-0.39, 0.29) is 6.04 Å². The highest BCUT2D eigenvalue weighted by Crippen LogP contribution is 2.36. The highest BCUT2D eigenvalue weighted by Gasteiger charge is 2.12. The maximum absolute atomic E-state index is 6.35. The van der Waals surface area contributed by atoms with Gasteiger partial charge in [0.1, 0.15) is 0 Å². The molecule has 0 aliphatic carbocycles. The molecule has 124 valence electrons. The Balaban J connectivity index is 2.07. The first-order chi connectivity index (χ1) is 11.2. The zero-order chi connectivity index (χ0) is 16.7. The molecule has 0 aliphatic rings. The van der Waals surface area contributed by atoms with E-state index in [0.717, 1.165) is 12.0 Å². The Morgan fingerprint density at radius 3 is 2.57 bits per heavy atom. The van der Waals surface area contributed by atoms with E-state index < -0.39 is 0 Å². The molecule has 0 radical (unpaired) electrons. The molecule has 23 heavy (non-hydrogen) atoms. The zero-order valence-corrected chi connectivity index (χ0v) is 14.7. The Morgan fingerprint density at radius 2 is 1.91 bits per heavy atom. The summed E-state index contributed by atoms with van der Waals surface area (Å²) in [6.07, 6.45) is 0.928.